The molecule has 0 unspecified atom stereocenters. The van der Waals surface area contributed by atoms with Crippen molar-refractivity contribution in [1.82, 2.24) is 4.90 Å². The van der Waals surface area contributed by atoms with E-state index in [0.717, 1.165) is 22.1 Å². The van der Waals surface area contributed by atoms with E-state index in [9.17, 15) is 0 Å². The average molecular weight is 341 g/mol. The number of rotatable bonds is 9. The van der Waals surface area contributed by atoms with Crippen molar-refractivity contribution in [3.05, 3.63) is 14.6 Å². The predicted molar refractivity (Wildman–Crippen MR) is 104 cm³/mol. The minimum Gasteiger partial charge on any atom is -0.373 e. The van der Waals surface area contributed by atoms with E-state index in [0.29, 0.717) is 0 Å². The zero-order valence-electron chi connectivity index (χ0n) is 15.2. The second-order valence-electron chi connectivity index (χ2n) is 7.19. The fourth-order valence-corrected chi connectivity index (χ4v) is 3.84. The molecule has 22 heavy (non-hydrogen) atoms. The maximum Gasteiger partial charge on any atom is 0.0798 e. The number of anilines is 1. The molecule has 0 saturated heterocycles. The molecule has 0 fully saturated rings. The fourth-order valence-electron chi connectivity index (χ4n) is 2.98. The summed E-state index contributed by atoms with van der Waals surface area (Å²) in [5.41, 5.74) is 2.58. The topological polar surface area (TPSA) is 6.48 Å². The Morgan fingerprint density at radius 3 is 2.00 bits per heavy atom. The Morgan fingerprint density at radius 1 is 0.909 bits per heavy atom. The second-order valence-corrected chi connectivity index (χ2v) is 8.01. The van der Waals surface area contributed by atoms with E-state index in [-0.39, 0.29) is 5.41 Å². The summed E-state index contributed by atoms with van der Waals surface area (Å²) in [5, 5.41) is 0. The Balaban J connectivity index is 2.54. The van der Waals surface area contributed by atoms with Gasteiger partial charge in [0.05, 0.1) is 14.7 Å². The molecule has 0 bridgehead atoms. The monoisotopic (exact) mass is 340 g/mol. The molecule has 0 aliphatic rings. The van der Waals surface area contributed by atoms with E-state index in [1.165, 1.54) is 43.6 Å². The normalized spacial score (nSPS) is 12.3. The number of nitrogens with zero attached hydrogens (tertiary/aromatic N) is 2. The molecule has 0 saturated carbocycles. The lowest BCUT2D eigenvalue weighted by atomic mass is 9.83. The van der Waals surface area contributed by atoms with Crippen LogP contribution in [0.1, 0.15) is 59.4 Å². The van der Waals surface area contributed by atoms with Crippen molar-refractivity contribution in [3.8, 4) is 0 Å². The van der Waals surface area contributed by atoms with Gasteiger partial charge in [0.25, 0.3) is 0 Å². The van der Waals surface area contributed by atoms with Crippen LogP contribution in [0, 0.1) is 9.02 Å². The summed E-state index contributed by atoms with van der Waals surface area (Å²) < 4.78 is 1.80. The van der Waals surface area contributed by atoms with Crippen molar-refractivity contribution in [2.24, 2.45) is 0 Å². The minimum atomic E-state index is 0.0864. The molecule has 0 spiro atoms. The summed E-state index contributed by atoms with van der Waals surface area (Å²) in [7, 11) is 2.15. The van der Waals surface area contributed by atoms with Crippen molar-refractivity contribution in [2.45, 2.75) is 59.3 Å². The summed E-state index contributed by atoms with van der Waals surface area (Å²) in [6.45, 7) is 15.8. The van der Waals surface area contributed by atoms with Crippen LogP contribution in [0.25, 0.3) is 0 Å². The molecule has 2 nitrogen and oxygen atoms in total. The smallest absolute Gasteiger partial charge is 0.0798 e. The third-order valence-electron chi connectivity index (χ3n) is 4.22. The standard InChI is InChI=1S/C18H32N2S2/c1-7-11-20(8-2)13-10-9-12-19(6)15-14(18(3,4)5)16(21)17(15)22/h7-13H2,1-6H3. The van der Waals surface area contributed by atoms with Gasteiger partial charge in [-0.25, -0.2) is 0 Å². The fraction of sp³-hybridized carbons (Fsp3) is 0.778. The van der Waals surface area contributed by atoms with Crippen molar-refractivity contribution in [1.29, 1.82) is 0 Å². The van der Waals surface area contributed by atoms with E-state index in [4.69, 9.17) is 24.4 Å². The first-order valence-electron chi connectivity index (χ1n) is 8.51. The lowest BCUT2D eigenvalue weighted by Crippen LogP contribution is -2.29. The molecule has 0 heterocycles. The van der Waals surface area contributed by atoms with Gasteiger partial charge in [-0.2, -0.15) is 0 Å². The molecule has 0 amide bonds. The van der Waals surface area contributed by atoms with E-state index < -0.39 is 0 Å². The van der Waals surface area contributed by atoms with Crippen LogP contribution < -0.4 is 4.90 Å². The van der Waals surface area contributed by atoms with Gasteiger partial charge in [0.2, 0.25) is 0 Å². The molecule has 0 radical (unpaired) electrons. The van der Waals surface area contributed by atoms with Crippen molar-refractivity contribution >= 4 is 30.1 Å². The van der Waals surface area contributed by atoms with Crippen molar-refractivity contribution in [2.75, 3.05) is 38.1 Å². The summed E-state index contributed by atoms with van der Waals surface area (Å²) in [5.74, 6) is 0. The molecule has 1 rings (SSSR count). The maximum absolute atomic E-state index is 5.47. The minimum absolute atomic E-state index is 0.0864. The summed E-state index contributed by atoms with van der Waals surface area (Å²) in [6, 6.07) is 0. The van der Waals surface area contributed by atoms with Gasteiger partial charge in [-0.15, -0.1) is 0 Å². The zero-order valence-corrected chi connectivity index (χ0v) is 16.8. The second kappa shape index (κ2) is 8.51. The number of hydrogen-bond donors (Lipinski definition) is 0. The van der Waals surface area contributed by atoms with Gasteiger partial charge in [-0.3, -0.25) is 0 Å². The van der Waals surface area contributed by atoms with Gasteiger partial charge >= 0.3 is 0 Å². The zero-order chi connectivity index (χ0) is 16.9. The molecule has 0 N–H and O–H groups in total. The predicted octanol–water partition coefficient (Wildman–Crippen LogP) is 5.27. The molecule has 1 aromatic carbocycles. The van der Waals surface area contributed by atoms with Crippen LogP contribution >= 0.6 is 24.4 Å². The Hall–Kier alpha value is -0.320. The van der Waals surface area contributed by atoms with Crippen LogP contribution in [-0.2, 0) is 5.41 Å². The van der Waals surface area contributed by atoms with Gasteiger partial charge in [-0.05, 0) is 44.3 Å². The first-order valence-corrected chi connectivity index (χ1v) is 9.32. The van der Waals surface area contributed by atoms with Gasteiger partial charge in [0, 0.05) is 19.2 Å². The van der Waals surface area contributed by atoms with Crippen molar-refractivity contribution < 1.29 is 0 Å². The average Bonchev–Trinajstić information content (AvgIpc) is 2.45. The summed E-state index contributed by atoms with van der Waals surface area (Å²) in [6.07, 6.45) is 3.68. The van der Waals surface area contributed by atoms with E-state index >= 15 is 0 Å². The third kappa shape index (κ3) is 4.84. The molecular weight excluding hydrogens is 308 g/mol. The van der Waals surface area contributed by atoms with E-state index in [1.54, 1.807) is 0 Å². The van der Waals surface area contributed by atoms with Crippen LogP contribution in [0.15, 0.2) is 0 Å². The Kier molecular flexibility index (Phi) is 7.63. The van der Waals surface area contributed by atoms with Gasteiger partial charge in [0.15, 0.2) is 0 Å². The van der Waals surface area contributed by atoms with Gasteiger partial charge in [-0.1, -0.05) is 59.1 Å². The Labute approximate surface area is 147 Å². The molecule has 1 aromatic rings. The van der Waals surface area contributed by atoms with E-state index in [2.05, 4.69) is 51.5 Å². The Bertz CT molecular complexity index is 536. The molecule has 4 heteroatoms. The van der Waals surface area contributed by atoms with Crippen LogP contribution in [0.3, 0.4) is 0 Å². The molecule has 126 valence electrons. The Morgan fingerprint density at radius 2 is 1.50 bits per heavy atom. The lowest BCUT2D eigenvalue weighted by molar-refractivity contribution is 0.283. The molecular formula is C18H32N2S2. The highest BCUT2D eigenvalue weighted by Gasteiger charge is 2.27. The quantitative estimate of drug-likeness (QED) is 0.446. The summed E-state index contributed by atoms with van der Waals surface area (Å²) >= 11 is 10.9. The number of unbranched alkanes of at least 4 members (excludes halogenated alkanes) is 1. The number of hydrogen-bond acceptors (Lipinski definition) is 4. The van der Waals surface area contributed by atoms with Gasteiger partial charge in [0.1, 0.15) is 0 Å². The van der Waals surface area contributed by atoms with Crippen LogP contribution in [-0.4, -0.2) is 38.1 Å². The molecule has 0 aromatic heterocycles. The van der Waals surface area contributed by atoms with Crippen molar-refractivity contribution in [3.63, 3.8) is 0 Å². The van der Waals surface area contributed by atoms with Crippen LogP contribution in [0.2, 0.25) is 0 Å². The lowest BCUT2D eigenvalue weighted by Gasteiger charge is -2.32. The summed E-state index contributed by atoms with van der Waals surface area (Å²) in [4.78, 5) is 4.85. The molecule has 0 aliphatic carbocycles. The first-order chi connectivity index (χ1) is 10.2. The third-order valence-corrected chi connectivity index (χ3v) is 5.16. The highest BCUT2D eigenvalue weighted by molar-refractivity contribution is 7.74. The van der Waals surface area contributed by atoms with Crippen LogP contribution in [0.5, 0.6) is 0 Å². The van der Waals surface area contributed by atoms with Gasteiger partial charge < -0.3 is 9.80 Å². The SMILES string of the molecule is CCCN(CC)CCCCN(C)c1c(C(C)(C)C)c(=S)c1=S. The molecule has 0 atom stereocenters. The van der Waals surface area contributed by atoms with E-state index in [1.807, 2.05) is 0 Å². The first kappa shape index (κ1) is 19.7. The highest BCUT2D eigenvalue weighted by Crippen LogP contribution is 2.39. The molecule has 0 aliphatic heterocycles. The van der Waals surface area contributed by atoms with Crippen LogP contribution in [0.4, 0.5) is 5.69 Å². The maximum atomic E-state index is 5.47. The highest BCUT2D eigenvalue weighted by atomic mass is 32.1. The largest absolute Gasteiger partial charge is 0.373 e.